The summed E-state index contributed by atoms with van der Waals surface area (Å²) in [6.07, 6.45) is 12.6. The third-order valence-electron chi connectivity index (χ3n) is 11.3. The Morgan fingerprint density at radius 3 is 2.71 bits per heavy atom. The third-order valence-corrected chi connectivity index (χ3v) is 11.3. The Morgan fingerprint density at radius 1 is 1.10 bits per heavy atom. The van der Waals surface area contributed by atoms with Crippen LogP contribution in [0.15, 0.2) is 49.1 Å². The number of hydrogen-bond acceptors (Lipinski definition) is 7. The third kappa shape index (κ3) is 7.55. The fraction of sp³-hybridized carbons (Fsp3) is 0.488. The number of terminal acetylenes is 1. The van der Waals surface area contributed by atoms with Gasteiger partial charge in [-0.05, 0) is 92.8 Å². The first-order valence-electron chi connectivity index (χ1n) is 18.5. The maximum Gasteiger partial charge on any atom is 0.318 e. The lowest BCUT2D eigenvalue weighted by Gasteiger charge is -2.40. The lowest BCUT2D eigenvalue weighted by atomic mass is 9.83. The molecular formula is C41H47F3N6O2. The van der Waals surface area contributed by atoms with Crippen LogP contribution in [0.5, 0.6) is 6.01 Å². The van der Waals surface area contributed by atoms with E-state index in [-0.39, 0.29) is 55.2 Å². The molecule has 0 saturated carbocycles. The van der Waals surface area contributed by atoms with Crippen molar-refractivity contribution in [3.63, 3.8) is 0 Å². The number of fused-ring (bicyclic) bond motifs is 2. The average Bonchev–Trinajstić information content (AvgIpc) is 3.26. The molecule has 7 rings (SSSR count). The van der Waals surface area contributed by atoms with Gasteiger partial charge in [0.2, 0.25) is 5.91 Å². The summed E-state index contributed by atoms with van der Waals surface area (Å²) in [5.74, 6) is 2.55. The van der Waals surface area contributed by atoms with Gasteiger partial charge in [0, 0.05) is 63.3 Å². The first kappa shape index (κ1) is 36.0. The van der Waals surface area contributed by atoms with E-state index in [9.17, 15) is 13.6 Å². The van der Waals surface area contributed by atoms with Gasteiger partial charge >= 0.3 is 6.01 Å². The molecule has 1 N–H and O–H groups in total. The lowest BCUT2D eigenvalue weighted by molar-refractivity contribution is -0.117. The number of amides is 1. The standard InChI is InChI=1S/C41H47F3N6O2/c1-4-32-34(44)17-14-28-9-8-11-36(38(28)32)48-20-18-33-35(25-48)46-40(47-39(33)49-19-7-6-10-31(24-49)45-37(51)5-2)52-26-41(3)21-30(43)23-50(41)22-27-12-15-29(42)16-13-27/h1,5,12-17,30-31,36H,2,6-11,18-26H2,3H3,(H,45,51)/t30-,31?,36+,41+/m1/s1. The first-order valence-corrected chi connectivity index (χ1v) is 18.5. The maximum absolute atomic E-state index is 15.0. The van der Waals surface area contributed by atoms with E-state index in [4.69, 9.17) is 21.1 Å². The molecule has 4 heterocycles. The molecule has 4 atom stereocenters. The van der Waals surface area contributed by atoms with E-state index in [1.165, 1.54) is 24.3 Å². The lowest BCUT2D eigenvalue weighted by Crippen LogP contribution is -2.46. The molecule has 1 aliphatic carbocycles. The van der Waals surface area contributed by atoms with Crippen LogP contribution in [0.3, 0.4) is 0 Å². The second kappa shape index (κ2) is 15.3. The predicted molar refractivity (Wildman–Crippen MR) is 195 cm³/mol. The van der Waals surface area contributed by atoms with Gasteiger partial charge in [0.25, 0.3) is 0 Å². The highest BCUT2D eigenvalue weighted by Gasteiger charge is 2.43. The number of aromatic nitrogens is 2. The van der Waals surface area contributed by atoms with E-state index < -0.39 is 11.7 Å². The van der Waals surface area contributed by atoms with Gasteiger partial charge in [-0.2, -0.15) is 9.97 Å². The summed E-state index contributed by atoms with van der Waals surface area (Å²) in [6, 6.07) is 9.75. The van der Waals surface area contributed by atoms with Gasteiger partial charge in [-0.25, -0.2) is 13.2 Å². The molecule has 3 aromatic rings. The van der Waals surface area contributed by atoms with E-state index in [2.05, 4.69) is 32.5 Å². The highest BCUT2D eigenvalue weighted by atomic mass is 19.1. The zero-order valence-corrected chi connectivity index (χ0v) is 29.9. The van der Waals surface area contributed by atoms with Crippen LogP contribution in [0.1, 0.15) is 85.0 Å². The number of ether oxygens (including phenoxy) is 1. The van der Waals surface area contributed by atoms with Crippen molar-refractivity contribution in [1.29, 1.82) is 0 Å². The average molecular weight is 713 g/mol. The molecule has 2 aromatic carbocycles. The van der Waals surface area contributed by atoms with Crippen molar-refractivity contribution < 1.29 is 22.7 Å². The minimum Gasteiger partial charge on any atom is -0.461 e. The molecule has 3 aliphatic heterocycles. The molecule has 8 nitrogen and oxygen atoms in total. The number of carbonyl (C=O) groups excluding carboxylic acids is 1. The van der Waals surface area contributed by atoms with Crippen molar-refractivity contribution in [2.24, 2.45) is 0 Å². The molecule has 0 spiro atoms. The van der Waals surface area contributed by atoms with Crippen molar-refractivity contribution in [1.82, 2.24) is 25.1 Å². The largest absolute Gasteiger partial charge is 0.461 e. The Bertz CT molecular complexity index is 1850. The number of carbonyl (C=O) groups is 1. The number of nitrogens with one attached hydrogen (secondary N) is 1. The molecule has 1 unspecified atom stereocenters. The minimum atomic E-state index is -1.03. The predicted octanol–water partition coefficient (Wildman–Crippen LogP) is 6.21. The molecule has 0 radical (unpaired) electrons. The fourth-order valence-electron chi connectivity index (χ4n) is 8.66. The molecule has 2 saturated heterocycles. The van der Waals surface area contributed by atoms with Gasteiger partial charge in [0.05, 0.1) is 16.8 Å². The van der Waals surface area contributed by atoms with Crippen LogP contribution < -0.4 is 15.0 Å². The Hall–Kier alpha value is -4.40. The van der Waals surface area contributed by atoms with E-state index >= 15 is 4.39 Å². The SMILES string of the molecule is C#Cc1c(F)ccc2c1[C@@H](N1CCc3c(nc(OC[C@]4(C)C[C@@H](F)CN4Cc4ccc(F)cc4)nc3N3CCCCC(NC(=O)C=C)C3)C1)CCC2. The minimum absolute atomic E-state index is 0.0444. The molecule has 2 fully saturated rings. The quantitative estimate of drug-likeness (QED) is 0.209. The summed E-state index contributed by atoms with van der Waals surface area (Å²) >= 11 is 0. The molecule has 4 aliphatic rings. The molecule has 1 aromatic heterocycles. The van der Waals surface area contributed by atoms with E-state index in [1.54, 1.807) is 12.1 Å². The van der Waals surface area contributed by atoms with E-state index in [1.807, 2.05) is 13.0 Å². The van der Waals surface area contributed by atoms with Gasteiger partial charge in [0.15, 0.2) is 0 Å². The van der Waals surface area contributed by atoms with Crippen molar-refractivity contribution in [3.05, 3.63) is 94.2 Å². The Labute approximate surface area is 304 Å². The smallest absolute Gasteiger partial charge is 0.318 e. The molecule has 274 valence electrons. The van der Waals surface area contributed by atoms with Crippen LogP contribution in [0.25, 0.3) is 0 Å². The topological polar surface area (TPSA) is 73.8 Å². The van der Waals surface area contributed by atoms with Gasteiger partial charge in [0.1, 0.15) is 30.2 Å². The number of alkyl halides is 1. The van der Waals surface area contributed by atoms with E-state index in [0.29, 0.717) is 31.6 Å². The van der Waals surface area contributed by atoms with Crippen LogP contribution >= 0.6 is 0 Å². The fourth-order valence-corrected chi connectivity index (χ4v) is 8.66. The van der Waals surface area contributed by atoms with Crippen LogP contribution in [0.2, 0.25) is 0 Å². The second-order valence-electron chi connectivity index (χ2n) is 15.0. The van der Waals surface area contributed by atoms with Crippen LogP contribution in [-0.4, -0.2) is 76.2 Å². The molecular weight excluding hydrogens is 665 g/mol. The summed E-state index contributed by atoms with van der Waals surface area (Å²) in [4.78, 5) is 29.0. The number of benzene rings is 2. The zero-order valence-electron chi connectivity index (χ0n) is 29.9. The second-order valence-corrected chi connectivity index (χ2v) is 15.0. The Morgan fingerprint density at radius 2 is 1.92 bits per heavy atom. The van der Waals surface area contributed by atoms with Crippen molar-refractivity contribution in [3.8, 4) is 18.4 Å². The van der Waals surface area contributed by atoms with Crippen LogP contribution in [0.4, 0.5) is 19.0 Å². The van der Waals surface area contributed by atoms with E-state index in [0.717, 1.165) is 85.4 Å². The maximum atomic E-state index is 15.0. The number of anilines is 1. The summed E-state index contributed by atoms with van der Waals surface area (Å²) < 4.78 is 50.1. The molecule has 1 amide bonds. The summed E-state index contributed by atoms with van der Waals surface area (Å²) in [7, 11) is 0. The normalized spacial score (nSPS) is 25.1. The van der Waals surface area contributed by atoms with Crippen molar-refractivity contribution in [2.75, 3.05) is 37.7 Å². The zero-order chi connectivity index (χ0) is 36.4. The van der Waals surface area contributed by atoms with Gasteiger partial charge in [-0.3, -0.25) is 14.6 Å². The van der Waals surface area contributed by atoms with Crippen molar-refractivity contribution >= 4 is 11.7 Å². The van der Waals surface area contributed by atoms with Gasteiger partial charge in [-0.1, -0.05) is 30.7 Å². The Kier molecular flexibility index (Phi) is 10.6. The highest BCUT2D eigenvalue weighted by molar-refractivity contribution is 5.87. The number of rotatable bonds is 9. The monoisotopic (exact) mass is 712 g/mol. The Balaban J connectivity index is 1.20. The summed E-state index contributed by atoms with van der Waals surface area (Å²) in [5, 5.41) is 3.09. The number of aryl methyl sites for hydroxylation is 1. The van der Waals surface area contributed by atoms with Crippen LogP contribution in [0, 0.1) is 24.0 Å². The van der Waals surface area contributed by atoms with Gasteiger partial charge < -0.3 is 15.0 Å². The molecule has 52 heavy (non-hydrogen) atoms. The van der Waals surface area contributed by atoms with Gasteiger partial charge in [-0.15, -0.1) is 6.42 Å². The summed E-state index contributed by atoms with van der Waals surface area (Å²) in [6.45, 7) is 9.07. The highest BCUT2D eigenvalue weighted by Crippen LogP contribution is 2.41. The van der Waals surface area contributed by atoms with Crippen LogP contribution in [-0.2, 0) is 30.7 Å². The summed E-state index contributed by atoms with van der Waals surface area (Å²) in [5.41, 5.74) is 4.49. The number of nitrogens with zero attached hydrogens (tertiary/aromatic N) is 5. The first-order chi connectivity index (χ1) is 25.1. The molecule has 0 bridgehead atoms. The number of hydrogen-bond donors (Lipinski definition) is 1. The number of likely N-dealkylation sites (tertiary alicyclic amines) is 1. The van der Waals surface area contributed by atoms with Crippen molar-refractivity contribution in [2.45, 2.75) is 95.2 Å². The molecule has 11 heteroatoms. The number of halogens is 3.